The summed E-state index contributed by atoms with van der Waals surface area (Å²) in [5, 5.41) is 4.31. The summed E-state index contributed by atoms with van der Waals surface area (Å²) in [6, 6.07) is 11.7. The van der Waals surface area contributed by atoms with Crippen LogP contribution in [0.5, 0.6) is 0 Å². The highest BCUT2D eigenvalue weighted by Crippen LogP contribution is 2.28. The molecule has 2 aliphatic rings. The third kappa shape index (κ3) is 3.16. The largest absolute Gasteiger partial charge is 0.340 e. The fraction of sp³-hybridized carbons (Fsp3) is 0.421. The molecule has 0 spiro atoms. The van der Waals surface area contributed by atoms with Crippen molar-refractivity contribution in [3.05, 3.63) is 48.8 Å². The van der Waals surface area contributed by atoms with Crippen molar-refractivity contribution in [2.45, 2.75) is 25.3 Å². The summed E-state index contributed by atoms with van der Waals surface area (Å²) >= 11 is 0. The van der Waals surface area contributed by atoms with Crippen LogP contribution in [0, 0.1) is 5.92 Å². The van der Waals surface area contributed by atoms with Crippen LogP contribution in [0.4, 0.5) is 5.69 Å². The summed E-state index contributed by atoms with van der Waals surface area (Å²) in [5.41, 5.74) is 0.871. The third-order valence-electron chi connectivity index (χ3n) is 5.15. The van der Waals surface area contributed by atoms with Crippen LogP contribution in [-0.4, -0.2) is 46.1 Å². The van der Waals surface area contributed by atoms with Gasteiger partial charge in [0, 0.05) is 44.1 Å². The summed E-state index contributed by atoms with van der Waals surface area (Å²) in [6.45, 7) is 1.92. The molecule has 3 heterocycles. The first-order valence-corrected chi connectivity index (χ1v) is 8.85. The fourth-order valence-electron chi connectivity index (χ4n) is 3.86. The average molecular weight is 338 g/mol. The number of amides is 2. The first-order chi connectivity index (χ1) is 12.2. The minimum absolute atomic E-state index is 0.0326. The lowest BCUT2D eigenvalue weighted by Crippen LogP contribution is -2.44. The second-order valence-corrected chi connectivity index (χ2v) is 6.81. The zero-order valence-electron chi connectivity index (χ0n) is 14.1. The normalized spacial score (nSPS) is 23.9. The number of likely N-dealkylation sites (tertiary alicyclic amines) is 1. The highest BCUT2D eigenvalue weighted by molar-refractivity contribution is 6.00. The van der Waals surface area contributed by atoms with Crippen LogP contribution in [0.15, 0.2) is 48.8 Å². The van der Waals surface area contributed by atoms with Gasteiger partial charge in [0.15, 0.2) is 0 Å². The van der Waals surface area contributed by atoms with E-state index < -0.39 is 0 Å². The fourth-order valence-corrected chi connectivity index (χ4v) is 3.86. The molecule has 0 radical (unpaired) electrons. The Morgan fingerprint density at radius 2 is 1.96 bits per heavy atom. The minimum Gasteiger partial charge on any atom is -0.340 e. The maximum Gasteiger partial charge on any atom is 0.228 e. The second kappa shape index (κ2) is 6.70. The van der Waals surface area contributed by atoms with Gasteiger partial charge in [-0.1, -0.05) is 18.2 Å². The van der Waals surface area contributed by atoms with Crippen molar-refractivity contribution in [1.29, 1.82) is 0 Å². The number of para-hydroxylation sites is 1. The van der Waals surface area contributed by atoms with Crippen LogP contribution in [0.2, 0.25) is 0 Å². The highest BCUT2D eigenvalue weighted by Gasteiger charge is 2.38. The van der Waals surface area contributed by atoms with Crippen molar-refractivity contribution in [2.75, 3.05) is 24.5 Å². The maximum absolute atomic E-state index is 13.0. The molecule has 6 nitrogen and oxygen atoms in total. The molecule has 2 atom stereocenters. The van der Waals surface area contributed by atoms with Crippen LogP contribution < -0.4 is 4.90 Å². The topological polar surface area (TPSA) is 58.4 Å². The molecular weight excluding hydrogens is 316 g/mol. The molecule has 0 N–H and O–H groups in total. The molecule has 2 aromatic rings. The van der Waals surface area contributed by atoms with E-state index in [9.17, 15) is 9.59 Å². The van der Waals surface area contributed by atoms with E-state index >= 15 is 0 Å². The smallest absolute Gasteiger partial charge is 0.228 e. The van der Waals surface area contributed by atoms with E-state index in [4.69, 9.17) is 0 Å². The van der Waals surface area contributed by atoms with Crippen molar-refractivity contribution in [3.63, 3.8) is 0 Å². The number of hydrogen-bond donors (Lipinski definition) is 0. The Bertz CT molecular complexity index is 744. The van der Waals surface area contributed by atoms with Crippen LogP contribution in [0.1, 0.15) is 25.3 Å². The van der Waals surface area contributed by atoms with Crippen molar-refractivity contribution in [1.82, 2.24) is 14.7 Å². The lowest BCUT2D eigenvalue weighted by Gasteiger charge is -2.34. The lowest BCUT2D eigenvalue weighted by molar-refractivity contribution is -0.137. The molecular formula is C19H22N4O2. The molecule has 0 unspecified atom stereocenters. The molecule has 1 aromatic heterocycles. The SMILES string of the molecule is O=C([C@@H]1CC(=O)N(c2ccccc2)C1)N1CCC[C@H](n2cccn2)C1. The van der Waals surface area contributed by atoms with E-state index in [2.05, 4.69) is 5.10 Å². The predicted octanol–water partition coefficient (Wildman–Crippen LogP) is 2.10. The Hall–Kier alpha value is -2.63. The van der Waals surface area contributed by atoms with Gasteiger partial charge in [-0.2, -0.15) is 5.10 Å². The van der Waals surface area contributed by atoms with Crippen molar-refractivity contribution >= 4 is 17.5 Å². The zero-order valence-corrected chi connectivity index (χ0v) is 14.1. The number of hydrogen-bond acceptors (Lipinski definition) is 3. The summed E-state index contributed by atoms with van der Waals surface area (Å²) in [4.78, 5) is 29.0. The number of carbonyl (C=O) groups is 2. The number of nitrogens with zero attached hydrogens (tertiary/aromatic N) is 4. The van der Waals surface area contributed by atoms with Gasteiger partial charge < -0.3 is 9.80 Å². The first-order valence-electron chi connectivity index (χ1n) is 8.85. The van der Waals surface area contributed by atoms with Crippen LogP contribution in [0.25, 0.3) is 0 Å². The van der Waals surface area contributed by atoms with Gasteiger partial charge in [-0.05, 0) is 31.0 Å². The Morgan fingerprint density at radius 1 is 1.12 bits per heavy atom. The van der Waals surface area contributed by atoms with E-state index in [0.29, 0.717) is 19.5 Å². The molecule has 0 aliphatic carbocycles. The number of carbonyl (C=O) groups excluding carboxylic acids is 2. The molecule has 6 heteroatoms. The second-order valence-electron chi connectivity index (χ2n) is 6.81. The summed E-state index contributed by atoms with van der Waals surface area (Å²) in [7, 11) is 0. The van der Waals surface area contributed by atoms with Crippen LogP contribution >= 0.6 is 0 Å². The molecule has 0 bridgehead atoms. The van der Waals surface area contributed by atoms with Gasteiger partial charge in [0.05, 0.1) is 12.0 Å². The van der Waals surface area contributed by atoms with E-state index in [1.54, 1.807) is 11.1 Å². The number of rotatable bonds is 3. The van der Waals surface area contributed by atoms with Crippen molar-refractivity contribution < 1.29 is 9.59 Å². The van der Waals surface area contributed by atoms with E-state index in [1.165, 1.54) is 0 Å². The van der Waals surface area contributed by atoms with E-state index in [0.717, 1.165) is 25.1 Å². The molecule has 2 saturated heterocycles. The van der Waals surface area contributed by atoms with Crippen LogP contribution in [0.3, 0.4) is 0 Å². The van der Waals surface area contributed by atoms with Gasteiger partial charge in [0.25, 0.3) is 0 Å². The molecule has 130 valence electrons. The maximum atomic E-state index is 13.0. The number of aromatic nitrogens is 2. The van der Waals surface area contributed by atoms with E-state index in [-0.39, 0.29) is 23.8 Å². The minimum atomic E-state index is -0.246. The van der Waals surface area contributed by atoms with Crippen LogP contribution in [-0.2, 0) is 9.59 Å². The molecule has 0 saturated carbocycles. The summed E-state index contributed by atoms with van der Waals surface area (Å²) in [5.74, 6) is -0.113. The zero-order chi connectivity index (χ0) is 17.2. The summed E-state index contributed by atoms with van der Waals surface area (Å²) in [6.07, 6.45) is 6.03. The summed E-state index contributed by atoms with van der Waals surface area (Å²) < 4.78 is 1.94. The molecule has 2 fully saturated rings. The molecule has 4 rings (SSSR count). The molecule has 25 heavy (non-hydrogen) atoms. The number of piperidine rings is 1. The molecule has 1 aromatic carbocycles. The Kier molecular flexibility index (Phi) is 4.26. The average Bonchev–Trinajstić information content (AvgIpc) is 3.32. The Labute approximate surface area is 147 Å². The quantitative estimate of drug-likeness (QED) is 0.861. The van der Waals surface area contributed by atoms with Gasteiger partial charge in [-0.25, -0.2) is 0 Å². The van der Waals surface area contributed by atoms with Gasteiger partial charge in [0.1, 0.15) is 0 Å². The lowest BCUT2D eigenvalue weighted by atomic mass is 10.0. The molecule has 2 amide bonds. The Morgan fingerprint density at radius 3 is 2.72 bits per heavy atom. The Balaban J connectivity index is 1.43. The third-order valence-corrected chi connectivity index (χ3v) is 5.15. The predicted molar refractivity (Wildman–Crippen MR) is 94.0 cm³/mol. The first kappa shape index (κ1) is 15.9. The highest BCUT2D eigenvalue weighted by atomic mass is 16.2. The van der Waals surface area contributed by atoms with Gasteiger partial charge in [-0.3, -0.25) is 14.3 Å². The van der Waals surface area contributed by atoms with Crippen molar-refractivity contribution in [2.24, 2.45) is 5.92 Å². The van der Waals surface area contributed by atoms with Crippen molar-refractivity contribution in [3.8, 4) is 0 Å². The molecule has 2 aliphatic heterocycles. The monoisotopic (exact) mass is 338 g/mol. The number of benzene rings is 1. The van der Waals surface area contributed by atoms with Gasteiger partial charge in [-0.15, -0.1) is 0 Å². The van der Waals surface area contributed by atoms with E-state index in [1.807, 2.05) is 52.2 Å². The standard InChI is InChI=1S/C19H22N4O2/c24-18-12-15(13-22(18)16-6-2-1-3-7-16)19(25)21-10-4-8-17(14-21)23-11-5-9-20-23/h1-3,5-7,9,11,15,17H,4,8,10,12-14H2/t15-,17+/m1/s1. The van der Waals surface area contributed by atoms with Gasteiger partial charge in [0.2, 0.25) is 11.8 Å². The van der Waals surface area contributed by atoms with Gasteiger partial charge >= 0.3 is 0 Å². The number of anilines is 1.